The van der Waals surface area contributed by atoms with Gasteiger partial charge in [0.25, 0.3) is 0 Å². The van der Waals surface area contributed by atoms with E-state index < -0.39 is 12.0 Å². The maximum absolute atomic E-state index is 13.3. The minimum atomic E-state index is -0.690. The lowest BCUT2D eigenvalue weighted by Gasteiger charge is -2.28. The van der Waals surface area contributed by atoms with Crippen molar-refractivity contribution in [1.82, 2.24) is 10.6 Å². The molecule has 0 aliphatic heterocycles. The van der Waals surface area contributed by atoms with Gasteiger partial charge in [0.1, 0.15) is 6.04 Å². The van der Waals surface area contributed by atoms with E-state index in [0.717, 1.165) is 11.1 Å². The van der Waals surface area contributed by atoms with Gasteiger partial charge in [0, 0.05) is 0 Å². The third kappa shape index (κ3) is 6.16. The monoisotopic (exact) mass is 396 g/mol. The minimum absolute atomic E-state index is 0.0915. The Morgan fingerprint density at radius 1 is 0.759 bits per heavy atom. The molecular weight excluding hydrogens is 364 g/mol. The number of aliphatic hydroxyl groups excluding tert-OH is 1. The summed E-state index contributed by atoms with van der Waals surface area (Å²) in [6.45, 7) is 7.52. The Morgan fingerprint density at radius 2 is 1.24 bits per heavy atom. The van der Waals surface area contributed by atoms with Crippen molar-refractivity contribution in [2.45, 2.75) is 45.7 Å². The van der Waals surface area contributed by atoms with Gasteiger partial charge in [-0.3, -0.25) is 9.59 Å². The standard InChI is InChI=1S/C24H32N2O3/c1-16(2)20(15-27)25-24(29)22(17(3)4)26-23(28)21(18-11-7-5-8-12-18)19-13-9-6-10-14-19/h5-14,16-17,20-22,27H,15H2,1-4H3,(H,25,29)(H,26,28). The Morgan fingerprint density at radius 3 is 1.62 bits per heavy atom. The minimum Gasteiger partial charge on any atom is -0.394 e. The molecule has 0 heterocycles. The van der Waals surface area contributed by atoms with E-state index in [-0.39, 0.29) is 36.3 Å². The third-order valence-electron chi connectivity index (χ3n) is 5.10. The normalized spacial score (nSPS) is 13.4. The number of carbonyl (C=O) groups excluding carboxylic acids is 2. The molecule has 2 atom stereocenters. The van der Waals surface area contributed by atoms with E-state index in [4.69, 9.17) is 0 Å². The summed E-state index contributed by atoms with van der Waals surface area (Å²) in [6, 6.07) is 18.1. The largest absolute Gasteiger partial charge is 0.394 e. The number of carbonyl (C=O) groups is 2. The zero-order chi connectivity index (χ0) is 21.4. The maximum atomic E-state index is 13.3. The van der Waals surface area contributed by atoms with Crippen LogP contribution in [-0.4, -0.2) is 35.6 Å². The Kier molecular flexibility index (Phi) is 8.40. The first-order chi connectivity index (χ1) is 13.8. The molecule has 0 fully saturated rings. The smallest absolute Gasteiger partial charge is 0.243 e. The van der Waals surface area contributed by atoms with Crippen molar-refractivity contribution >= 4 is 11.8 Å². The number of aliphatic hydroxyl groups is 1. The molecule has 29 heavy (non-hydrogen) atoms. The van der Waals surface area contributed by atoms with Crippen LogP contribution in [0.15, 0.2) is 60.7 Å². The van der Waals surface area contributed by atoms with E-state index in [1.165, 1.54) is 0 Å². The van der Waals surface area contributed by atoms with Gasteiger partial charge in [0.15, 0.2) is 0 Å². The lowest BCUT2D eigenvalue weighted by Crippen LogP contribution is -2.54. The summed E-state index contributed by atoms with van der Waals surface area (Å²) < 4.78 is 0. The second kappa shape index (κ2) is 10.8. The van der Waals surface area contributed by atoms with Gasteiger partial charge in [-0.2, -0.15) is 0 Å². The zero-order valence-electron chi connectivity index (χ0n) is 17.6. The molecule has 2 aromatic carbocycles. The molecular formula is C24H32N2O3. The van der Waals surface area contributed by atoms with Crippen molar-refractivity contribution < 1.29 is 14.7 Å². The average Bonchev–Trinajstić information content (AvgIpc) is 2.71. The molecule has 156 valence electrons. The fourth-order valence-electron chi connectivity index (χ4n) is 3.25. The van der Waals surface area contributed by atoms with Crippen LogP contribution in [0.25, 0.3) is 0 Å². The second-order valence-electron chi connectivity index (χ2n) is 8.03. The molecule has 0 aliphatic rings. The Hall–Kier alpha value is -2.66. The Labute approximate surface area is 173 Å². The van der Waals surface area contributed by atoms with Crippen LogP contribution in [0.1, 0.15) is 44.7 Å². The highest BCUT2D eigenvalue weighted by atomic mass is 16.3. The number of rotatable bonds is 9. The predicted octanol–water partition coefficient (Wildman–Crippen LogP) is 3.09. The Balaban J connectivity index is 2.26. The van der Waals surface area contributed by atoms with Crippen LogP contribution in [0.2, 0.25) is 0 Å². The first-order valence-electron chi connectivity index (χ1n) is 10.2. The fourth-order valence-corrected chi connectivity index (χ4v) is 3.25. The molecule has 2 aromatic rings. The summed E-state index contributed by atoms with van der Waals surface area (Å²) in [6.07, 6.45) is 0. The molecule has 0 radical (unpaired) electrons. The molecule has 5 heteroatoms. The van der Waals surface area contributed by atoms with Crippen LogP contribution in [-0.2, 0) is 9.59 Å². The molecule has 0 aromatic heterocycles. The van der Waals surface area contributed by atoms with E-state index in [2.05, 4.69) is 10.6 Å². The van der Waals surface area contributed by atoms with E-state index in [9.17, 15) is 14.7 Å². The molecule has 3 N–H and O–H groups in total. The van der Waals surface area contributed by atoms with Gasteiger partial charge in [-0.15, -0.1) is 0 Å². The third-order valence-corrected chi connectivity index (χ3v) is 5.10. The molecule has 0 saturated carbocycles. The molecule has 2 unspecified atom stereocenters. The summed E-state index contributed by atoms with van der Waals surface area (Å²) in [7, 11) is 0. The van der Waals surface area contributed by atoms with Gasteiger partial charge in [-0.1, -0.05) is 88.4 Å². The molecule has 2 amide bonds. The number of hydrogen-bond donors (Lipinski definition) is 3. The first kappa shape index (κ1) is 22.6. The van der Waals surface area contributed by atoms with Crippen LogP contribution in [0, 0.1) is 11.8 Å². The van der Waals surface area contributed by atoms with Crippen LogP contribution < -0.4 is 10.6 Å². The molecule has 5 nitrogen and oxygen atoms in total. The first-order valence-corrected chi connectivity index (χ1v) is 10.2. The summed E-state index contributed by atoms with van der Waals surface area (Å²) >= 11 is 0. The van der Waals surface area contributed by atoms with E-state index in [0.29, 0.717) is 0 Å². The predicted molar refractivity (Wildman–Crippen MR) is 115 cm³/mol. The molecule has 0 aliphatic carbocycles. The van der Waals surface area contributed by atoms with Crippen LogP contribution in [0.4, 0.5) is 0 Å². The Bertz CT molecular complexity index is 736. The van der Waals surface area contributed by atoms with Gasteiger partial charge in [-0.25, -0.2) is 0 Å². The van der Waals surface area contributed by atoms with Crippen molar-refractivity contribution in [3.63, 3.8) is 0 Å². The van der Waals surface area contributed by atoms with Crippen LogP contribution in [0.3, 0.4) is 0 Å². The second-order valence-corrected chi connectivity index (χ2v) is 8.03. The summed E-state index contributed by atoms with van der Waals surface area (Å²) in [5.74, 6) is -1.01. The summed E-state index contributed by atoms with van der Waals surface area (Å²) in [5, 5.41) is 15.3. The zero-order valence-corrected chi connectivity index (χ0v) is 17.6. The molecule has 2 rings (SSSR count). The van der Waals surface area contributed by atoms with E-state index >= 15 is 0 Å². The van der Waals surface area contributed by atoms with Gasteiger partial charge in [0.05, 0.1) is 18.6 Å². The van der Waals surface area contributed by atoms with Gasteiger partial charge in [-0.05, 0) is 23.0 Å². The van der Waals surface area contributed by atoms with Crippen molar-refractivity contribution in [2.24, 2.45) is 11.8 Å². The highest BCUT2D eigenvalue weighted by Crippen LogP contribution is 2.25. The topological polar surface area (TPSA) is 78.4 Å². The van der Waals surface area contributed by atoms with Crippen molar-refractivity contribution in [1.29, 1.82) is 0 Å². The van der Waals surface area contributed by atoms with E-state index in [1.54, 1.807) is 0 Å². The number of benzene rings is 2. The molecule has 0 saturated heterocycles. The van der Waals surface area contributed by atoms with Gasteiger partial charge in [0.2, 0.25) is 11.8 Å². The van der Waals surface area contributed by atoms with Crippen LogP contribution in [0.5, 0.6) is 0 Å². The number of hydrogen-bond acceptors (Lipinski definition) is 3. The van der Waals surface area contributed by atoms with Crippen LogP contribution >= 0.6 is 0 Å². The molecule has 0 spiro atoms. The van der Waals surface area contributed by atoms with Gasteiger partial charge < -0.3 is 15.7 Å². The average molecular weight is 397 g/mol. The van der Waals surface area contributed by atoms with Crippen molar-refractivity contribution in [3.8, 4) is 0 Å². The highest BCUT2D eigenvalue weighted by molar-refractivity contribution is 5.92. The lowest BCUT2D eigenvalue weighted by molar-refractivity contribution is -0.131. The maximum Gasteiger partial charge on any atom is 0.243 e. The summed E-state index contributed by atoms with van der Waals surface area (Å²) in [4.78, 5) is 26.2. The number of amides is 2. The van der Waals surface area contributed by atoms with E-state index in [1.807, 2.05) is 88.4 Å². The molecule has 0 bridgehead atoms. The van der Waals surface area contributed by atoms with Gasteiger partial charge >= 0.3 is 0 Å². The lowest BCUT2D eigenvalue weighted by atomic mass is 9.89. The summed E-state index contributed by atoms with van der Waals surface area (Å²) in [5.41, 5.74) is 1.74. The SMILES string of the molecule is CC(C)C(CO)NC(=O)C(NC(=O)C(c1ccccc1)c1ccccc1)C(C)C. The number of nitrogens with one attached hydrogen (secondary N) is 2. The van der Waals surface area contributed by atoms with Crippen molar-refractivity contribution in [3.05, 3.63) is 71.8 Å². The van der Waals surface area contributed by atoms with Crippen molar-refractivity contribution in [2.75, 3.05) is 6.61 Å². The fraction of sp³-hybridized carbons (Fsp3) is 0.417. The quantitative estimate of drug-likeness (QED) is 0.609. The highest BCUT2D eigenvalue weighted by Gasteiger charge is 2.30.